The lowest BCUT2D eigenvalue weighted by Crippen LogP contribution is -2.39. The lowest BCUT2D eigenvalue weighted by molar-refractivity contribution is -0.116. The zero-order valence-corrected chi connectivity index (χ0v) is 22.7. The van der Waals surface area contributed by atoms with E-state index in [1.165, 1.54) is 28.2 Å². The molecule has 0 fully saturated rings. The van der Waals surface area contributed by atoms with E-state index in [4.69, 9.17) is 5.73 Å². The summed E-state index contributed by atoms with van der Waals surface area (Å²) in [5, 5.41) is 10.4. The number of Topliss-reactive ketones (excluding diaryl/α,β-unsaturated/α-hetero) is 1. The molecule has 3 aromatic carbocycles. The van der Waals surface area contributed by atoms with Gasteiger partial charge in [0, 0.05) is 28.3 Å². The van der Waals surface area contributed by atoms with Crippen LogP contribution >= 0.6 is 11.8 Å². The van der Waals surface area contributed by atoms with Crippen molar-refractivity contribution in [2.24, 2.45) is 5.73 Å². The summed E-state index contributed by atoms with van der Waals surface area (Å²) >= 11 is 1.78. The molecule has 0 saturated carbocycles. The fraction of sp³-hybridized carbons (Fsp3) is 0.250. The van der Waals surface area contributed by atoms with Crippen LogP contribution < -0.4 is 10.6 Å². The number of carbonyl (C=O) groups excluding carboxylic acids is 1. The van der Waals surface area contributed by atoms with Crippen LogP contribution in [0.1, 0.15) is 53.0 Å². The number of nitrogens with zero attached hydrogens (tertiary/aromatic N) is 2. The van der Waals surface area contributed by atoms with Gasteiger partial charge in [-0.3, -0.25) is 9.69 Å². The Morgan fingerprint density at radius 1 is 1.08 bits per heavy atom. The molecular weight excluding hydrogens is 493 g/mol. The predicted octanol–water partition coefficient (Wildman–Crippen LogP) is 7.35. The number of anilines is 1. The Bertz CT molecular complexity index is 1550. The molecule has 1 unspecified atom stereocenters. The van der Waals surface area contributed by atoms with Crippen molar-refractivity contribution < 1.29 is 9.18 Å². The number of allylic oxidation sites excluding steroid dienone is 3. The summed E-state index contributed by atoms with van der Waals surface area (Å²) < 4.78 is 14.2. The minimum atomic E-state index is -0.547. The second-order valence-electron chi connectivity index (χ2n) is 9.99. The molecule has 1 atom stereocenters. The number of carbonyl (C=O) groups is 1. The maximum absolute atomic E-state index is 14.2. The van der Waals surface area contributed by atoms with Gasteiger partial charge in [0.25, 0.3) is 0 Å². The highest BCUT2D eigenvalue weighted by molar-refractivity contribution is 7.98. The number of aryl methyl sites for hydroxylation is 2. The van der Waals surface area contributed by atoms with Crippen LogP contribution in [0.25, 0.3) is 0 Å². The molecule has 4 nitrogen and oxygen atoms in total. The van der Waals surface area contributed by atoms with E-state index in [0.717, 1.165) is 28.1 Å². The molecule has 6 heteroatoms. The first-order chi connectivity index (χ1) is 18.3. The maximum atomic E-state index is 14.2. The molecule has 1 aliphatic carbocycles. The molecule has 2 N–H and O–H groups in total. The van der Waals surface area contributed by atoms with Crippen LogP contribution in [0, 0.1) is 37.9 Å². The molecule has 0 amide bonds. The third-order valence-electron chi connectivity index (χ3n) is 7.47. The molecule has 0 bridgehead atoms. The van der Waals surface area contributed by atoms with Gasteiger partial charge in [-0.2, -0.15) is 5.26 Å². The van der Waals surface area contributed by atoms with Crippen LogP contribution in [0.3, 0.4) is 0 Å². The second kappa shape index (κ2) is 10.5. The quantitative estimate of drug-likeness (QED) is 0.354. The lowest BCUT2D eigenvalue weighted by Gasteiger charge is -2.40. The molecule has 0 aromatic heterocycles. The summed E-state index contributed by atoms with van der Waals surface area (Å²) in [6.45, 7) is 6.22. The first kappa shape index (κ1) is 25.8. The van der Waals surface area contributed by atoms with Crippen molar-refractivity contribution in [3.63, 3.8) is 0 Å². The van der Waals surface area contributed by atoms with Crippen LogP contribution in [0.15, 0.2) is 88.2 Å². The molecule has 0 saturated heterocycles. The van der Waals surface area contributed by atoms with Crippen molar-refractivity contribution in [2.45, 2.75) is 56.6 Å². The Morgan fingerprint density at radius 3 is 2.61 bits per heavy atom. The van der Waals surface area contributed by atoms with E-state index in [1.54, 1.807) is 28.8 Å². The van der Waals surface area contributed by atoms with Crippen molar-refractivity contribution in [3.05, 3.63) is 117 Å². The second-order valence-corrected chi connectivity index (χ2v) is 11.0. The van der Waals surface area contributed by atoms with E-state index >= 15 is 0 Å². The predicted molar refractivity (Wildman–Crippen MR) is 151 cm³/mol. The average Bonchev–Trinajstić information content (AvgIpc) is 2.89. The first-order valence-corrected chi connectivity index (χ1v) is 13.8. The van der Waals surface area contributed by atoms with Gasteiger partial charge in [0.2, 0.25) is 0 Å². The summed E-state index contributed by atoms with van der Waals surface area (Å²) in [6.07, 6.45) is 1.75. The van der Waals surface area contributed by atoms with E-state index in [0.29, 0.717) is 36.1 Å². The summed E-state index contributed by atoms with van der Waals surface area (Å²) in [6, 6.07) is 21.1. The fourth-order valence-electron chi connectivity index (χ4n) is 5.59. The van der Waals surface area contributed by atoms with Gasteiger partial charge in [0.05, 0.1) is 23.2 Å². The molecule has 1 aliphatic heterocycles. The SMILES string of the molecule is Cc1cc(CSc2ccccc2C)c(C)c(C2C(C#N)=C(N)N(c3cccc(F)c3)C3=C2C(=O)CCC3)c1. The fourth-order valence-corrected chi connectivity index (χ4v) is 6.68. The number of ketones is 1. The van der Waals surface area contributed by atoms with Gasteiger partial charge in [0.1, 0.15) is 11.6 Å². The minimum absolute atomic E-state index is 0.0228. The first-order valence-electron chi connectivity index (χ1n) is 12.8. The van der Waals surface area contributed by atoms with Gasteiger partial charge in [-0.1, -0.05) is 42.0 Å². The average molecular weight is 524 g/mol. The van der Waals surface area contributed by atoms with E-state index in [2.05, 4.69) is 44.2 Å². The number of hydrogen-bond donors (Lipinski definition) is 1. The van der Waals surface area contributed by atoms with Crippen molar-refractivity contribution in [1.82, 2.24) is 0 Å². The number of hydrogen-bond acceptors (Lipinski definition) is 5. The summed E-state index contributed by atoms with van der Waals surface area (Å²) in [7, 11) is 0. The minimum Gasteiger partial charge on any atom is -0.384 e. The topological polar surface area (TPSA) is 70.1 Å². The molecule has 38 heavy (non-hydrogen) atoms. The molecule has 192 valence electrons. The molecule has 0 spiro atoms. The highest BCUT2D eigenvalue weighted by Gasteiger charge is 2.41. The number of benzene rings is 3. The molecular formula is C32H30FN3OS. The third-order valence-corrected chi connectivity index (χ3v) is 8.69. The van der Waals surface area contributed by atoms with E-state index < -0.39 is 11.7 Å². The highest BCUT2D eigenvalue weighted by Crippen LogP contribution is 2.47. The zero-order valence-electron chi connectivity index (χ0n) is 21.8. The van der Waals surface area contributed by atoms with Crippen LogP contribution in [0.5, 0.6) is 0 Å². The third kappa shape index (κ3) is 4.63. The number of nitriles is 1. The largest absolute Gasteiger partial charge is 0.384 e. The Hall–Kier alpha value is -3.82. The zero-order chi connectivity index (χ0) is 27.0. The number of halogens is 1. The van der Waals surface area contributed by atoms with Crippen LogP contribution in [0.4, 0.5) is 10.1 Å². The molecule has 1 heterocycles. The van der Waals surface area contributed by atoms with E-state index in [-0.39, 0.29) is 11.6 Å². The molecule has 2 aliphatic rings. The van der Waals surface area contributed by atoms with Gasteiger partial charge in [-0.25, -0.2) is 4.39 Å². The van der Waals surface area contributed by atoms with Crippen molar-refractivity contribution in [1.29, 1.82) is 5.26 Å². The van der Waals surface area contributed by atoms with Crippen LogP contribution in [-0.2, 0) is 10.5 Å². The standard InChI is InChI=1S/C32H30FN3OS/c1-19-14-22(18-38-29-13-5-4-8-20(29)2)21(3)25(15-19)30-26(17-34)32(35)36(24-10-6-9-23(33)16-24)27-11-7-12-28(37)31(27)30/h4-6,8-10,13-16,30H,7,11-12,18,35H2,1-3H3. The number of nitrogens with two attached hydrogens (primary N) is 1. The Morgan fingerprint density at radius 2 is 1.87 bits per heavy atom. The van der Waals surface area contributed by atoms with Crippen molar-refractivity contribution in [3.8, 4) is 6.07 Å². The number of rotatable bonds is 5. The van der Waals surface area contributed by atoms with E-state index in [1.807, 2.05) is 19.1 Å². The molecule has 3 aromatic rings. The van der Waals surface area contributed by atoms with Crippen molar-refractivity contribution in [2.75, 3.05) is 4.90 Å². The van der Waals surface area contributed by atoms with Crippen molar-refractivity contribution >= 4 is 23.2 Å². The molecule has 5 rings (SSSR count). The summed E-state index contributed by atoms with van der Waals surface area (Å²) in [5.41, 5.74) is 14.4. The smallest absolute Gasteiger partial charge is 0.161 e. The van der Waals surface area contributed by atoms with Crippen LogP contribution in [0.2, 0.25) is 0 Å². The van der Waals surface area contributed by atoms with Crippen LogP contribution in [-0.4, -0.2) is 5.78 Å². The van der Waals surface area contributed by atoms with Gasteiger partial charge in [-0.05, 0) is 80.1 Å². The summed E-state index contributed by atoms with van der Waals surface area (Å²) in [5.74, 6) is 0.109. The number of thioether (sulfide) groups is 1. The normalized spacial score (nSPS) is 17.5. The maximum Gasteiger partial charge on any atom is 0.161 e. The Kier molecular flexibility index (Phi) is 7.14. The Labute approximate surface area is 227 Å². The van der Waals surface area contributed by atoms with Gasteiger partial charge in [-0.15, -0.1) is 11.8 Å². The Balaban J connectivity index is 1.65. The highest BCUT2D eigenvalue weighted by atomic mass is 32.2. The molecule has 0 radical (unpaired) electrons. The summed E-state index contributed by atoms with van der Waals surface area (Å²) in [4.78, 5) is 16.5. The lowest BCUT2D eigenvalue weighted by atomic mass is 9.73. The van der Waals surface area contributed by atoms with Gasteiger partial charge >= 0.3 is 0 Å². The van der Waals surface area contributed by atoms with E-state index in [9.17, 15) is 14.4 Å². The van der Waals surface area contributed by atoms with Gasteiger partial charge in [0.15, 0.2) is 5.78 Å². The van der Waals surface area contributed by atoms with Gasteiger partial charge < -0.3 is 5.73 Å². The monoisotopic (exact) mass is 523 g/mol.